The third-order valence-corrected chi connectivity index (χ3v) is 5.01. The maximum Gasteiger partial charge on any atom is 0.132 e. The Morgan fingerprint density at radius 3 is 2.29 bits per heavy atom. The zero-order valence-corrected chi connectivity index (χ0v) is 11.5. The van der Waals surface area contributed by atoms with Gasteiger partial charge in [-0.25, -0.2) is 4.98 Å². The molecule has 2 aromatic rings. The van der Waals surface area contributed by atoms with Crippen molar-refractivity contribution < 1.29 is 0 Å². The second kappa shape index (κ2) is 4.31. The Morgan fingerprint density at radius 2 is 1.79 bits per heavy atom. The average Bonchev–Trinajstić information content (AvgIpc) is 2.48. The molecule has 2 rings (SSSR count). The van der Waals surface area contributed by atoms with Crippen molar-refractivity contribution in [1.29, 1.82) is 0 Å². The molecular weight excluding hydrogens is 349 g/mol. The quantitative estimate of drug-likeness (QED) is 0.704. The van der Waals surface area contributed by atoms with Gasteiger partial charge in [0.1, 0.15) is 13.4 Å². The van der Waals surface area contributed by atoms with Crippen molar-refractivity contribution in [3.05, 3.63) is 37.7 Å². The van der Waals surface area contributed by atoms with Crippen LogP contribution in [0.25, 0.3) is 10.6 Å². The number of benzene rings is 1. The standard InChI is InChI=1S/C9H4Br2ClNS/c10-7-8(11)14-9(13-7)5-1-3-6(12)4-2-5/h1-4H. The number of rotatable bonds is 1. The molecule has 0 bridgehead atoms. The second-order valence-corrected chi connectivity index (χ2v) is 6.09. The largest absolute Gasteiger partial charge is 0.228 e. The van der Waals surface area contributed by atoms with Gasteiger partial charge in [0.2, 0.25) is 0 Å². The molecule has 0 radical (unpaired) electrons. The first-order valence-corrected chi connectivity index (χ1v) is 6.52. The van der Waals surface area contributed by atoms with Crippen LogP contribution in [0.3, 0.4) is 0 Å². The third kappa shape index (κ3) is 2.19. The zero-order valence-electron chi connectivity index (χ0n) is 6.80. The van der Waals surface area contributed by atoms with Gasteiger partial charge in [0.15, 0.2) is 0 Å². The van der Waals surface area contributed by atoms with Crippen molar-refractivity contribution in [2.24, 2.45) is 0 Å². The summed E-state index contributed by atoms with van der Waals surface area (Å²) in [5.74, 6) is 0. The Hall–Kier alpha value is 0.1000. The van der Waals surface area contributed by atoms with Gasteiger partial charge in [0, 0.05) is 10.6 Å². The Bertz CT molecular complexity index is 433. The molecule has 0 aliphatic carbocycles. The summed E-state index contributed by atoms with van der Waals surface area (Å²) in [7, 11) is 0. The zero-order chi connectivity index (χ0) is 10.1. The fourth-order valence-electron chi connectivity index (χ4n) is 0.999. The molecule has 0 unspecified atom stereocenters. The van der Waals surface area contributed by atoms with E-state index < -0.39 is 0 Å². The van der Waals surface area contributed by atoms with Crippen molar-refractivity contribution in [3.8, 4) is 10.6 Å². The summed E-state index contributed by atoms with van der Waals surface area (Å²) in [6.45, 7) is 0. The van der Waals surface area contributed by atoms with E-state index in [1.165, 1.54) is 0 Å². The topological polar surface area (TPSA) is 12.9 Å². The average molecular weight is 353 g/mol. The molecule has 14 heavy (non-hydrogen) atoms. The van der Waals surface area contributed by atoms with E-state index >= 15 is 0 Å². The number of hydrogen-bond acceptors (Lipinski definition) is 2. The van der Waals surface area contributed by atoms with E-state index in [4.69, 9.17) is 11.6 Å². The molecule has 5 heteroatoms. The molecule has 0 atom stereocenters. The molecule has 0 N–H and O–H groups in total. The first kappa shape index (κ1) is 10.6. The van der Waals surface area contributed by atoms with E-state index in [-0.39, 0.29) is 0 Å². The molecule has 0 spiro atoms. The summed E-state index contributed by atoms with van der Waals surface area (Å²) in [5, 5.41) is 1.71. The lowest BCUT2D eigenvalue weighted by Gasteiger charge is -1.94. The van der Waals surface area contributed by atoms with Crippen LogP contribution in [0, 0.1) is 0 Å². The third-order valence-electron chi connectivity index (χ3n) is 1.64. The molecule has 72 valence electrons. The summed E-state index contributed by atoms with van der Waals surface area (Å²) in [4.78, 5) is 4.36. The summed E-state index contributed by atoms with van der Waals surface area (Å²) in [6, 6.07) is 7.64. The van der Waals surface area contributed by atoms with Crippen LogP contribution in [0.1, 0.15) is 0 Å². The van der Waals surface area contributed by atoms with E-state index in [1.54, 1.807) is 11.3 Å². The number of halogens is 3. The fraction of sp³-hybridized carbons (Fsp3) is 0. The minimum atomic E-state index is 0.739. The normalized spacial score (nSPS) is 10.5. The van der Waals surface area contributed by atoms with Gasteiger partial charge in [-0.2, -0.15) is 0 Å². The number of nitrogens with zero attached hydrogens (tertiary/aromatic N) is 1. The molecular formula is C9H4Br2ClNS. The molecule has 1 heterocycles. The number of thiazole rings is 1. The fourth-order valence-corrected chi connectivity index (χ4v) is 2.90. The Labute approximate surface area is 107 Å². The van der Waals surface area contributed by atoms with E-state index in [0.29, 0.717) is 0 Å². The van der Waals surface area contributed by atoms with Crippen LogP contribution in [-0.4, -0.2) is 4.98 Å². The summed E-state index contributed by atoms with van der Waals surface area (Å²) < 4.78 is 1.84. The van der Waals surface area contributed by atoms with Crippen molar-refractivity contribution in [1.82, 2.24) is 4.98 Å². The molecule has 0 aliphatic heterocycles. The van der Waals surface area contributed by atoms with Crippen molar-refractivity contribution in [2.75, 3.05) is 0 Å². The summed E-state index contributed by atoms with van der Waals surface area (Å²) in [5.41, 5.74) is 1.07. The van der Waals surface area contributed by atoms with Crippen molar-refractivity contribution in [3.63, 3.8) is 0 Å². The number of hydrogen-bond donors (Lipinski definition) is 0. The summed E-state index contributed by atoms with van der Waals surface area (Å²) >= 11 is 14.2. The lowest BCUT2D eigenvalue weighted by Crippen LogP contribution is -1.74. The molecule has 0 saturated carbocycles. The Kier molecular flexibility index (Phi) is 3.27. The second-order valence-electron chi connectivity index (χ2n) is 2.59. The van der Waals surface area contributed by atoms with Crippen LogP contribution in [0.4, 0.5) is 0 Å². The Morgan fingerprint density at radius 1 is 1.14 bits per heavy atom. The van der Waals surface area contributed by atoms with Gasteiger partial charge in [-0.1, -0.05) is 23.7 Å². The summed E-state index contributed by atoms with van der Waals surface area (Å²) in [6.07, 6.45) is 0. The van der Waals surface area contributed by atoms with Crippen LogP contribution in [0.5, 0.6) is 0 Å². The highest BCUT2D eigenvalue weighted by atomic mass is 79.9. The predicted molar refractivity (Wildman–Crippen MR) is 68.0 cm³/mol. The van der Waals surface area contributed by atoms with E-state index in [2.05, 4.69) is 36.8 Å². The predicted octanol–water partition coefficient (Wildman–Crippen LogP) is 4.99. The lowest BCUT2D eigenvalue weighted by molar-refractivity contribution is 1.35. The van der Waals surface area contributed by atoms with Gasteiger partial charge in [-0.3, -0.25) is 0 Å². The molecule has 1 nitrogen and oxygen atoms in total. The van der Waals surface area contributed by atoms with Gasteiger partial charge in [-0.15, -0.1) is 11.3 Å². The van der Waals surface area contributed by atoms with Gasteiger partial charge in [0.05, 0.1) is 0 Å². The molecule has 0 fully saturated rings. The van der Waals surface area contributed by atoms with Crippen LogP contribution >= 0.6 is 54.8 Å². The van der Waals surface area contributed by atoms with Crippen LogP contribution < -0.4 is 0 Å². The molecule has 0 aliphatic rings. The monoisotopic (exact) mass is 351 g/mol. The SMILES string of the molecule is Clc1ccc(-c2nc(Br)c(Br)s2)cc1. The van der Waals surface area contributed by atoms with Gasteiger partial charge in [0.25, 0.3) is 0 Å². The highest BCUT2D eigenvalue weighted by molar-refractivity contribution is 9.13. The van der Waals surface area contributed by atoms with Crippen molar-refractivity contribution in [2.45, 2.75) is 0 Å². The first-order valence-electron chi connectivity index (χ1n) is 3.74. The van der Waals surface area contributed by atoms with Gasteiger partial charge in [-0.05, 0) is 44.0 Å². The first-order chi connectivity index (χ1) is 6.66. The number of aromatic nitrogens is 1. The van der Waals surface area contributed by atoms with E-state index in [0.717, 1.165) is 24.0 Å². The van der Waals surface area contributed by atoms with Gasteiger partial charge >= 0.3 is 0 Å². The van der Waals surface area contributed by atoms with E-state index in [1.807, 2.05) is 24.3 Å². The van der Waals surface area contributed by atoms with Crippen LogP contribution in [0.15, 0.2) is 32.7 Å². The highest BCUT2D eigenvalue weighted by Crippen LogP contribution is 2.35. The molecule has 1 aromatic carbocycles. The maximum atomic E-state index is 5.80. The minimum absolute atomic E-state index is 0.739. The van der Waals surface area contributed by atoms with Crippen LogP contribution in [0.2, 0.25) is 5.02 Å². The van der Waals surface area contributed by atoms with Crippen LogP contribution in [-0.2, 0) is 0 Å². The maximum absolute atomic E-state index is 5.80. The Balaban J connectivity index is 2.44. The van der Waals surface area contributed by atoms with E-state index in [9.17, 15) is 0 Å². The lowest BCUT2D eigenvalue weighted by atomic mass is 10.2. The highest BCUT2D eigenvalue weighted by Gasteiger charge is 2.07. The molecule has 0 saturated heterocycles. The van der Waals surface area contributed by atoms with Gasteiger partial charge < -0.3 is 0 Å². The smallest absolute Gasteiger partial charge is 0.132 e. The molecule has 1 aromatic heterocycles. The molecule has 0 amide bonds. The minimum Gasteiger partial charge on any atom is -0.228 e. The van der Waals surface area contributed by atoms with Crippen molar-refractivity contribution >= 4 is 54.8 Å².